The zero-order valence-electron chi connectivity index (χ0n) is 35.1. The second-order valence-corrected chi connectivity index (χ2v) is 19.9. The van der Waals surface area contributed by atoms with Gasteiger partial charge < -0.3 is 4.90 Å². The van der Waals surface area contributed by atoms with Crippen LogP contribution in [0.5, 0.6) is 0 Å². The molecule has 2 aromatic rings. The van der Waals surface area contributed by atoms with E-state index < -0.39 is 10.0 Å². The lowest BCUT2D eigenvalue weighted by Gasteiger charge is -2.41. The third-order valence-corrected chi connectivity index (χ3v) is 16.0. The molecule has 0 fully saturated rings. The highest BCUT2D eigenvalue weighted by Gasteiger charge is 2.39. The number of allylic oxidation sites excluding steroid dienone is 11. The fourth-order valence-electron chi connectivity index (χ4n) is 8.56. The standard InChI is InChI=1S/C52H73NS/c1-7-10-12-14-16-21-38-54(39-22-17-15-13-11-8-2)51-40-43(6)32-37-50(51)49-31-24-30-48(41-52(49)54)53(47-35-33-45(34-36-47)42(4)5)46(25-9-3)29-23-28-44-26-19-18-20-27-44/h18-20,23-26,29,31-37,40-42,44H,7-17,21-22,27-28,30,38-39H2,1-6H3/b29-23-,46-25+. The topological polar surface area (TPSA) is 3.24 Å². The van der Waals surface area contributed by atoms with Gasteiger partial charge in [0.2, 0.25) is 0 Å². The highest BCUT2D eigenvalue weighted by Crippen LogP contribution is 2.71. The molecule has 0 amide bonds. The molecule has 1 heterocycles. The molecular formula is C52H73NS. The summed E-state index contributed by atoms with van der Waals surface area (Å²) in [5.41, 5.74) is 9.81. The molecule has 5 rings (SSSR count). The second kappa shape index (κ2) is 21.8. The molecule has 0 bridgehead atoms. The summed E-state index contributed by atoms with van der Waals surface area (Å²) in [6.07, 6.45) is 44.5. The third kappa shape index (κ3) is 11.0. The minimum Gasteiger partial charge on any atom is -0.314 e. The molecule has 0 saturated heterocycles. The van der Waals surface area contributed by atoms with E-state index in [-0.39, 0.29) is 0 Å². The first-order valence-electron chi connectivity index (χ1n) is 22.0. The fraction of sp³-hybridized carbons (Fsp3) is 0.500. The first-order valence-corrected chi connectivity index (χ1v) is 24.0. The molecular weight excluding hydrogens is 671 g/mol. The van der Waals surface area contributed by atoms with Crippen molar-refractivity contribution in [3.8, 4) is 0 Å². The van der Waals surface area contributed by atoms with Crippen molar-refractivity contribution in [2.24, 2.45) is 5.92 Å². The Balaban J connectivity index is 1.60. The molecule has 1 aliphatic heterocycles. The Morgan fingerprint density at radius 3 is 2.13 bits per heavy atom. The van der Waals surface area contributed by atoms with Gasteiger partial charge in [-0.1, -0.05) is 177 Å². The average molecular weight is 744 g/mol. The van der Waals surface area contributed by atoms with Gasteiger partial charge in [0.1, 0.15) is 0 Å². The molecule has 54 heavy (non-hydrogen) atoms. The molecule has 1 unspecified atom stereocenters. The Labute approximate surface area is 333 Å². The van der Waals surface area contributed by atoms with Gasteiger partial charge in [0.25, 0.3) is 0 Å². The lowest BCUT2D eigenvalue weighted by molar-refractivity contribution is 0.622. The number of benzene rings is 2. The zero-order chi connectivity index (χ0) is 38.2. The molecule has 2 aromatic carbocycles. The molecule has 1 nitrogen and oxygen atoms in total. The van der Waals surface area contributed by atoms with E-state index >= 15 is 0 Å². The molecule has 3 aliphatic rings. The van der Waals surface area contributed by atoms with Crippen molar-refractivity contribution < 1.29 is 0 Å². The minimum absolute atomic E-state index is 0.511. The maximum Gasteiger partial charge on any atom is 0.0458 e. The molecule has 0 saturated carbocycles. The lowest BCUT2D eigenvalue weighted by Crippen LogP contribution is -2.22. The molecule has 0 radical (unpaired) electrons. The average Bonchev–Trinajstić information content (AvgIpc) is 3.27. The summed E-state index contributed by atoms with van der Waals surface area (Å²) < 4.78 is 0. The normalized spacial score (nSPS) is 18.3. The fourth-order valence-corrected chi connectivity index (χ4v) is 13.3. The summed E-state index contributed by atoms with van der Waals surface area (Å²) in [7, 11) is -1.21. The number of hydrogen-bond donors (Lipinski definition) is 0. The van der Waals surface area contributed by atoms with E-state index in [1.54, 1.807) is 9.80 Å². The second-order valence-electron chi connectivity index (χ2n) is 16.4. The van der Waals surface area contributed by atoms with Crippen LogP contribution < -0.4 is 4.90 Å². The molecule has 0 spiro atoms. The van der Waals surface area contributed by atoms with Crippen molar-refractivity contribution >= 4 is 21.3 Å². The minimum atomic E-state index is -1.21. The number of rotatable bonds is 22. The molecule has 2 heteroatoms. The quantitative estimate of drug-likeness (QED) is 0.0857. The van der Waals surface area contributed by atoms with E-state index in [0.717, 1.165) is 25.7 Å². The van der Waals surface area contributed by atoms with Gasteiger partial charge in [0, 0.05) is 33.3 Å². The molecule has 1 atom stereocenters. The number of hydrogen-bond acceptors (Lipinski definition) is 1. The molecule has 0 aromatic heterocycles. The number of anilines is 1. The summed E-state index contributed by atoms with van der Waals surface area (Å²) in [4.78, 5) is 5.97. The number of nitrogens with zero attached hydrogens (tertiary/aromatic N) is 1. The summed E-state index contributed by atoms with van der Waals surface area (Å²) in [6, 6.07) is 16.9. The predicted octanol–water partition coefficient (Wildman–Crippen LogP) is 16.5. The first-order chi connectivity index (χ1) is 26.4. The van der Waals surface area contributed by atoms with Crippen LogP contribution in [0, 0.1) is 12.8 Å². The summed E-state index contributed by atoms with van der Waals surface area (Å²) >= 11 is 0. The summed E-state index contributed by atoms with van der Waals surface area (Å²) in [5.74, 6) is 3.74. The Hall–Kier alpha value is -3.23. The first kappa shape index (κ1) is 41.9. The van der Waals surface area contributed by atoms with Crippen LogP contribution in [0.2, 0.25) is 0 Å². The van der Waals surface area contributed by atoms with Gasteiger partial charge in [-0.25, -0.2) is 0 Å². The van der Waals surface area contributed by atoms with Crippen LogP contribution in [0.1, 0.15) is 160 Å². The maximum atomic E-state index is 2.72. The van der Waals surface area contributed by atoms with E-state index in [2.05, 4.69) is 150 Å². The molecule has 292 valence electrons. The van der Waals surface area contributed by atoms with Crippen molar-refractivity contribution in [2.45, 2.75) is 155 Å². The van der Waals surface area contributed by atoms with E-state index in [9.17, 15) is 0 Å². The van der Waals surface area contributed by atoms with E-state index in [1.165, 1.54) is 128 Å². The van der Waals surface area contributed by atoms with Gasteiger partial charge in [-0.2, -0.15) is 10.0 Å². The van der Waals surface area contributed by atoms with Crippen molar-refractivity contribution in [3.05, 3.63) is 136 Å². The number of fused-ring (bicyclic) bond motifs is 2. The Bertz CT molecular complexity index is 1670. The van der Waals surface area contributed by atoms with Crippen LogP contribution in [0.4, 0.5) is 5.69 Å². The van der Waals surface area contributed by atoms with Gasteiger partial charge >= 0.3 is 0 Å². The SMILES string of the molecule is CC/C=C(\C=C/CC1C=CC=CC1)N(C1=CC2=C(C=CC1)c1ccc(C)cc1S2(CCCCCCCC)CCCCCCCC)c1ccc(C(C)C)cc1. The van der Waals surface area contributed by atoms with Gasteiger partial charge in [0.15, 0.2) is 0 Å². The van der Waals surface area contributed by atoms with Crippen molar-refractivity contribution in [2.75, 3.05) is 16.4 Å². The Morgan fingerprint density at radius 1 is 0.815 bits per heavy atom. The Kier molecular flexibility index (Phi) is 16.9. The van der Waals surface area contributed by atoms with Crippen molar-refractivity contribution in [1.29, 1.82) is 0 Å². The molecule has 0 N–H and O–H groups in total. The van der Waals surface area contributed by atoms with Gasteiger partial charge in [-0.05, 0) is 109 Å². The summed E-state index contributed by atoms with van der Waals surface area (Å²) in [5, 5.41) is 0. The third-order valence-electron chi connectivity index (χ3n) is 11.7. The number of unbranched alkanes of at least 4 members (excludes halogenated alkanes) is 10. The van der Waals surface area contributed by atoms with Crippen LogP contribution in [0.3, 0.4) is 0 Å². The molecule has 2 aliphatic carbocycles. The van der Waals surface area contributed by atoms with Crippen LogP contribution in [-0.2, 0) is 0 Å². The lowest BCUT2D eigenvalue weighted by atomic mass is 9.97. The highest BCUT2D eigenvalue weighted by atomic mass is 32.3. The smallest absolute Gasteiger partial charge is 0.0458 e. The van der Waals surface area contributed by atoms with Crippen LogP contribution >= 0.6 is 10.0 Å². The zero-order valence-corrected chi connectivity index (χ0v) is 35.9. The van der Waals surface area contributed by atoms with E-state index in [4.69, 9.17) is 0 Å². The van der Waals surface area contributed by atoms with Gasteiger partial charge in [0.05, 0.1) is 0 Å². The van der Waals surface area contributed by atoms with E-state index in [0.29, 0.717) is 11.8 Å². The largest absolute Gasteiger partial charge is 0.314 e. The van der Waals surface area contributed by atoms with Gasteiger partial charge in [-0.15, -0.1) is 0 Å². The van der Waals surface area contributed by atoms with Crippen LogP contribution in [0.25, 0.3) is 5.57 Å². The van der Waals surface area contributed by atoms with Crippen LogP contribution in [0.15, 0.2) is 124 Å². The van der Waals surface area contributed by atoms with Gasteiger partial charge in [-0.3, -0.25) is 0 Å². The van der Waals surface area contributed by atoms with E-state index in [1.807, 2.05) is 0 Å². The number of aryl methyl sites for hydroxylation is 1. The van der Waals surface area contributed by atoms with Crippen molar-refractivity contribution in [3.63, 3.8) is 0 Å². The van der Waals surface area contributed by atoms with Crippen molar-refractivity contribution in [1.82, 2.24) is 0 Å². The maximum absolute atomic E-state index is 2.72. The summed E-state index contributed by atoms with van der Waals surface area (Å²) in [6.45, 7) is 13.9. The highest BCUT2D eigenvalue weighted by molar-refractivity contribution is 8.37. The Morgan fingerprint density at radius 2 is 1.50 bits per heavy atom. The van der Waals surface area contributed by atoms with Crippen LogP contribution in [-0.4, -0.2) is 11.5 Å². The predicted molar refractivity (Wildman–Crippen MR) is 244 cm³/mol. The monoisotopic (exact) mass is 744 g/mol.